The molecule has 3 aromatic rings. The highest BCUT2D eigenvalue weighted by molar-refractivity contribution is 7.15. The molecule has 0 aliphatic carbocycles. The van der Waals surface area contributed by atoms with E-state index in [1.54, 1.807) is 11.6 Å². The van der Waals surface area contributed by atoms with Crippen LogP contribution in [0.5, 0.6) is 0 Å². The maximum atomic E-state index is 11.8. The lowest BCUT2D eigenvalue weighted by Gasteiger charge is -1.99. The molecule has 0 bridgehead atoms. The molecule has 0 saturated carbocycles. The number of aromatic nitrogens is 4. The third-order valence-corrected chi connectivity index (χ3v) is 3.54. The summed E-state index contributed by atoms with van der Waals surface area (Å²) in [5.41, 5.74) is 0.326. The Balaban J connectivity index is 1.96. The Bertz CT molecular complexity index is 857. The van der Waals surface area contributed by atoms with Gasteiger partial charge in [-0.3, -0.25) is 9.20 Å². The van der Waals surface area contributed by atoms with E-state index < -0.39 is 5.76 Å². The van der Waals surface area contributed by atoms with Crippen LogP contribution >= 0.6 is 11.3 Å². The molecule has 0 spiro atoms. The van der Waals surface area contributed by atoms with E-state index in [9.17, 15) is 9.59 Å². The van der Waals surface area contributed by atoms with E-state index >= 15 is 0 Å². The molecule has 0 aromatic carbocycles. The standard InChI is InChI=1S/C12H12N4O3S/c1-2-3-9-14-16(12(18)19-9)7-8-6-10(17)15-4-5-20-11(15)13-8/h4-6H,2-3,7H2,1H3. The second kappa shape index (κ2) is 5.04. The van der Waals surface area contributed by atoms with Gasteiger partial charge < -0.3 is 4.42 Å². The average Bonchev–Trinajstić information content (AvgIpc) is 2.98. The van der Waals surface area contributed by atoms with Gasteiger partial charge >= 0.3 is 5.76 Å². The largest absolute Gasteiger partial charge is 0.437 e. The van der Waals surface area contributed by atoms with Crippen LogP contribution in [0.25, 0.3) is 4.96 Å². The minimum absolute atomic E-state index is 0.135. The Morgan fingerprint density at radius 2 is 2.25 bits per heavy atom. The second-order valence-corrected chi connectivity index (χ2v) is 5.18. The molecule has 8 heteroatoms. The van der Waals surface area contributed by atoms with Crippen molar-refractivity contribution in [2.24, 2.45) is 0 Å². The highest BCUT2D eigenvalue weighted by atomic mass is 32.1. The van der Waals surface area contributed by atoms with E-state index in [0.717, 1.165) is 6.42 Å². The molecule has 0 aliphatic rings. The summed E-state index contributed by atoms with van der Waals surface area (Å²) in [5, 5.41) is 5.87. The van der Waals surface area contributed by atoms with Gasteiger partial charge in [0.1, 0.15) is 0 Å². The van der Waals surface area contributed by atoms with Crippen LogP contribution in [0, 0.1) is 0 Å². The van der Waals surface area contributed by atoms with Crippen LogP contribution in [0.1, 0.15) is 24.9 Å². The summed E-state index contributed by atoms with van der Waals surface area (Å²) in [7, 11) is 0. The fraction of sp³-hybridized carbons (Fsp3) is 0.333. The van der Waals surface area contributed by atoms with Crippen LogP contribution < -0.4 is 11.3 Å². The van der Waals surface area contributed by atoms with Gasteiger partial charge in [-0.25, -0.2) is 9.78 Å². The lowest BCUT2D eigenvalue weighted by molar-refractivity contribution is 0.448. The van der Waals surface area contributed by atoms with Gasteiger partial charge in [0.2, 0.25) is 5.89 Å². The van der Waals surface area contributed by atoms with Crippen LogP contribution in [0.3, 0.4) is 0 Å². The molecular formula is C12H12N4O3S. The first-order valence-electron chi connectivity index (χ1n) is 6.20. The fourth-order valence-corrected chi connectivity index (χ4v) is 2.63. The van der Waals surface area contributed by atoms with E-state index in [4.69, 9.17) is 4.42 Å². The van der Waals surface area contributed by atoms with Crippen molar-refractivity contribution in [2.45, 2.75) is 26.3 Å². The fourth-order valence-electron chi connectivity index (χ4n) is 1.89. The Labute approximate surface area is 117 Å². The maximum Gasteiger partial charge on any atom is 0.437 e. The van der Waals surface area contributed by atoms with Gasteiger partial charge in [0.05, 0.1) is 12.2 Å². The summed E-state index contributed by atoms with van der Waals surface area (Å²) in [6.07, 6.45) is 3.13. The number of aryl methyl sites for hydroxylation is 1. The lowest BCUT2D eigenvalue weighted by atomic mass is 10.3. The lowest BCUT2D eigenvalue weighted by Crippen LogP contribution is -2.20. The van der Waals surface area contributed by atoms with E-state index in [0.29, 0.717) is 23.0 Å². The number of fused-ring (bicyclic) bond motifs is 1. The van der Waals surface area contributed by atoms with Crippen molar-refractivity contribution >= 4 is 16.3 Å². The first-order valence-corrected chi connectivity index (χ1v) is 7.08. The predicted molar refractivity (Wildman–Crippen MR) is 73.2 cm³/mol. The van der Waals surface area contributed by atoms with Crippen LogP contribution in [-0.2, 0) is 13.0 Å². The first kappa shape index (κ1) is 12.8. The van der Waals surface area contributed by atoms with Gasteiger partial charge in [-0.05, 0) is 6.42 Å². The Morgan fingerprint density at radius 1 is 1.40 bits per heavy atom. The zero-order valence-corrected chi connectivity index (χ0v) is 11.6. The van der Waals surface area contributed by atoms with Crippen LogP contribution in [-0.4, -0.2) is 19.2 Å². The molecule has 104 valence electrons. The average molecular weight is 292 g/mol. The predicted octanol–water partition coefficient (Wildman–Crippen LogP) is 0.906. The molecule has 3 rings (SSSR count). The zero-order chi connectivity index (χ0) is 14.1. The van der Waals surface area contributed by atoms with Gasteiger partial charge in [-0.15, -0.1) is 16.4 Å². The SMILES string of the molecule is CCCc1nn(Cc2cc(=O)n3ccsc3n2)c(=O)o1. The molecular weight excluding hydrogens is 280 g/mol. The van der Waals surface area contributed by atoms with Crippen LogP contribution in [0.15, 0.2) is 31.6 Å². The minimum Gasteiger partial charge on any atom is -0.392 e. The molecule has 0 radical (unpaired) electrons. The second-order valence-electron chi connectivity index (χ2n) is 4.31. The Hall–Kier alpha value is -2.22. The van der Waals surface area contributed by atoms with Crippen molar-refractivity contribution in [3.63, 3.8) is 0 Å². The molecule has 0 saturated heterocycles. The highest BCUT2D eigenvalue weighted by Crippen LogP contribution is 2.07. The maximum absolute atomic E-state index is 11.8. The molecule has 0 fully saturated rings. The molecule has 20 heavy (non-hydrogen) atoms. The van der Waals surface area contributed by atoms with Crippen molar-refractivity contribution in [3.05, 3.63) is 50.1 Å². The summed E-state index contributed by atoms with van der Waals surface area (Å²) in [4.78, 5) is 28.4. The van der Waals surface area contributed by atoms with Gasteiger partial charge in [0, 0.05) is 24.1 Å². The highest BCUT2D eigenvalue weighted by Gasteiger charge is 2.10. The minimum atomic E-state index is -0.526. The zero-order valence-electron chi connectivity index (χ0n) is 10.8. The van der Waals surface area contributed by atoms with Crippen LogP contribution in [0.2, 0.25) is 0 Å². The van der Waals surface area contributed by atoms with Gasteiger partial charge in [-0.1, -0.05) is 6.92 Å². The topological polar surface area (TPSA) is 82.4 Å². The van der Waals surface area contributed by atoms with Gasteiger partial charge in [0.15, 0.2) is 4.96 Å². The molecule has 0 unspecified atom stereocenters. The van der Waals surface area contributed by atoms with Crippen molar-refractivity contribution in [1.29, 1.82) is 0 Å². The summed E-state index contributed by atoms with van der Waals surface area (Å²) in [5.74, 6) is -0.118. The third kappa shape index (κ3) is 2.29. The number of thiazole rings is 1. The molecule has 0 aliphatic heterocycles. The summed E-state index contributed by atoms with van der Waals surface area (Å²) in [6, 6.07) is 1.40. The summed E-state index contributed by atoms with van der Waals surface area (Å²) >= 11 is 1.36. The monoisotopic (exact) mass is 292 g/mol. The number of hydrogen-bond donors (Lipinski definition) is 0. The van der Waals surface area contributed by atoms with Crippen molar-refractivity contribution in [2.75, 3.05) is 0 Å². The van der Waals surface area contributed by atoms with E-state index in [1.807, 2.05) is 6.92 Å². The molecule has 0 N–H and O–H groups in total. The van der Waals surface area contributed by atoms with Crippen molar-refractivity contribution < 1.29 is 4.42 Å². The molecule has 3 aromatic heterocycles. The molecule has 7 nitrogen and oxygen atoms in total. The van der Waals surface area contributed by atoms with Gasteiger partial charge in [0.25, 0.3) is 5.56 Å². The normalized spacial score (nSPS) is 11.2. The smallest absolute Gasteiger partial charge is 0.392 e. The molecule has 0 amide bonds. The van der Waals surface area contributed by atoms with E-state index in [-0.39, 0.29) is 12.1 Å². The summed E-state index contributed by atoms with van der Waals surface area (Å²) in [6.45, 7) is 2.11. The quantitative estimate of drug-likeness (QED) is 0.713. The Morgan fingerprint density at radius 3 is 3.05 bits per heavy atom. The summed E-state index contributed by atoms with van der Waals surface area (Å²) < 4.78 is 7.67. The number of rotatable bonds is 4. The molecule has 3 heterocycles. The molecule has 0 atom stereocenters. The van der Waals surface area contributed by atoms with E-state index in [2.05, 4.69) is 10.1 Å². The third-order valence-electron chi connectivity index (χ3n) is 2.78. The van der Waals surface area contributed by atoms with Crippen molar-refractivity contribution in [3.8, 4) is 0 Å². The number of hydrogen-bond acceptors (Lipinski definition) is 6. The van der Waals surface area contributed by atoms with Crippen LogP contribution in [0.4, 0.5) is 0 Å². The number of nitrogens with zero attached hydrogens (tertiary/aromatic N) is 4. The van der Waals surface area contributed by atoms with Gasteiger partial charge in [-0.2, -0.15) is 4.68 Å². The Kier molecular flexibility index (Phi) is 3.23. The van der Waals surface area contributed by atoms with Crippen molar-refractivity contribution in [1.82, 2.24) is 19.2 Å². The first-order chi connectivity index (χ1) is 9.67. The van der Waals surface area contributed by atoms with E-state index in [1.165, 1.54) is 26.5 Å².